The van der Waals surface area contributed by atoms with Crippen molar-refractivity contribution in [2.24, 2.45) is 0 Å². The van der Waals surface area contributed by atoms with E-state index in [4.69, 9.17) is 0 Å². The van der Waals surface area contributed by atoms with E-state index in [2.05, 4.69) is 16.5 Å². The minimum absolute atomic E-state index is 1.18. The summed E-state index contributed by atoms with van der Waals surface area (Å²) < 4.78 is 0. The van der Waals surface area contributed by atoms with Crippen LogP contribution in [0.1, 0.15) is 32.1 Å². The molecule has 0 spiro atoms. The second kappa shape index (κ2) is 9.49. The lowest BCUT2D eigenvalue weighted by molar-refractivity contribution is 0.335. The van der Waals surface area contributed by atoms with Crippen molar-refractivity contribution >= 4 is 11.8 Å². The number of hydrogen-bond donors (Lipinski definition) is 1. The molecule has 1 N–H and O–H groups in total. The highest BCUT2D eigenvalue weighted by molar-refractivity contribution is 7.98. The van der Waals surface area contributed by atoms with Gasteiger partial charge >= 0.3 is 0 Å². The van der Waals surface area contributed by atoms with Gasteiger partial charge in [0.1, 0.15) is 0 Å². The van der Waals surface area contributed by atoms with Crippen molar-refractivity contribution in [2.45, 2.75) is 32.1 Å². The number of nitrogens with one attached hydrogen (secondary N) is 1. The number of thioether (sulfide) groups is 1. The Morgan fingerprint density at radius 2 is 1.87 bits per heavy atom. The molecule has 1 fully saturated rings. The molecule has 0 radical (unpaired) electrons. The molecule has 90 valence electrons. The highest BCUT2D eigenvalue weighted by Gasteiger charge is 2.09. The molecule has 3 heteroatoms. The fraction of sp³-hybridized carbons (Fsp3) is 1.00. The fourth-order valence-corrected chi connectivity index (χ4v) is 2.53. The SMILES string of the molecule is CSCCCCCNCCN1CCCC1. The first-order valence-corrected chi connectivity index (χ1v) is 7.75. The molecule has 0 aliphatic carbocycles. The monoisotopic (exact) mass is 230 g/mol. The van der Waals surface area contributed by atoms with E-state index >= 15 is 0 Å². The number of rotatable bonds is 9. The van der Waals surface area contributed by atoms with Gasteiger partial charge in [0.05, 0.1) is 0 Å². The van der Waals surface area contributed by atoms with Crippen molar-refractivity contribution in [1.82, 2.24) is 10.2 Å². The molecule has 1 aliphatic heterocycles. The summed E-state index contributed by atoms with van der Waals surface area (Å²) in [5.41, 5.74) is 0. The van der Waals surface area contributed by atoms with Crippen molar-refractivity contribution in [2.75, 3.05) is 44.7 Å². The molecule has 15 heavy (non-hydrogen) atoms. The highest BCUT2D eigenvalue weighted by Crippen LogP contribution is 2.05. The van der Waals surface area contributed by atoms with E-state index in [0.717, 1.165) is 0 Å². The Labute approximate surface area is 99.2 Å². The average molecular weight is 230 g/mol. The van der Waals surface area contributed by atoms with E-state index < -0.39 is 0 Å². The van der Waals surface area contributed by atoms with Crippen LogP contribution in [-0.4, -0.2) is 49.6 Å². The van der Waals surface area contributed by atoms with Crippen molar-refractivity contribution in [3.05, 3.63) is 0 Å². The van der Waals surface area contributed by atoms with E-state index in [9.17, 15) is 0 Å². The van der Waals surface area contributed by atoms with Gasteiger partial charge in [-0.25, -0.2) is 0 Å². The number of unbranched alkanes of at least 4 members (excludes halogenated alkanes) is 2. The van der Waals surface area contributed by atoms with Crippen LogP contribution in [0.25, 0.3) is 0 Å². The van der Waals surface area contributed by atoms with Gasteiger partial charge in [-0.05, 0) is 57.3 Å². The molecule has 2 nitrogen and oxygen atoms in total. The third-order valence-corrected chi connectivity index (χ3v) is 3.70. The zero-order valence-corrected chi connectivity index (χ0v) is 11.0. The molecule has 1 aliphatic rings. The smallest absolute Gasteiger partial charge is 0.0107 e. The van der Waals surface area contributed by atoms with Crippen LogP contribution < -0.4 is 5.32 Å². The molecule has 0 aromatic carbocycles. The highest BCUT2D eigenvalue weighted by atomic mass is 32.2. The summed E-state index contributed by atoms with van der Waals surface area (Å²) in [5.74, 6) is 1.33. The minimum Gasteiger partial charge on any atom is -0.315 e. The summed E-state index contributed by atoms with van der Waals surface area (Å²) in [4.78, 5) is 2.57. The zero-order valence-electron chi connectivity index (χ0n) is 10.1. The Kier molecular flexibility index (Phi) is 8.44. The zero-order chi connectivity index (χ0) is 10.8. The Morgan fingerprint density at radius 3 is 2.60 bits per heavy atom. The van der Waals surface area contributed by atoms with Gasteiger partial charge in [-0.3, -0.25) is 0 Å². The van der Waals surface area contributed by atoms with Crippen LogP contribution in [0.15, 0.2) is 0 Å². The van der Waals surface area contributed by atoms with Gasteiger partial charge in [-0.15, -0.1) is 0 Å². The standard InChI is InChI=1S/C12H26N2S/c1-15-12-6-2-3-7-13-8-11-14-9-4-5-10-14/h13H,2-12H2,1H3. The summed E-state index contributed by atoms with van der Waals surface area (Å²) in [6.07, 6.45) is 9.13. The van der Waals surface area contributed by atoms with Crippen LogP contribution in [-0.2, 0) is 0 Å². The quantitative estimate of drug-likeness (QED) is 0.611. The topological polar surface area (TPSA) is 15.3 Å². The van der Waals surface area contributed by atoms with Crippen LogP contribution in [0, 0.1) is 0 Å². The third-order valence-electron chi connectivity index (χ3n) is 3.01. The largest absolute Gasteiger partial charge is 0.315 e. The number of likely N-dealkylation sites (tertiary alicyclic amines) is 1. The summed E-state index contributed by atoms with van der Waals surface area (Å²) in [6.45, 7) is 6.31. The molecule has 1 rings (SSSR count). The summed E-state index contributed by atoms with van der Waals surface area (Å²) >= 11 is 1.96. The first-order valence-electron chi connectivity index (χ1n) is 6.35. The average Bonchev–Trinajstić information content (AvgIpc) is 2.75. The third kappa shape index (κ3) is 7.20. The Morgan fingerprint density at radius 1 is 1.07 bits per heavy atom. The van der Waals surface area contributed by atoms with Crippen LogP contribution in [0.2, 0.25) is 0 Å². The van der Waals surface area contributed by atoms with E-state index in [1.807, 2.05) is 11.8 Å². The van der Waals surface area contributed by atoms with Crippen LogP contribution in [0.5, 0.6) is 0 Å². The molecule has 0 aromatic heterocycles. The maximum atomic E-state index is 3.54. The number of nitrogens with zero attached hydrogens (tertiary/aromatic N) is 1. The van der Waals surface area contributed by atoms with E-state index in [-0.39, 0.29) is 0 Å². The van der Waals surface area contributed by atoms with Crippen LogP contribution >= 0.6 is 11.8 Å². The van der Waals surface area contributed by atoms with Gasteiger partial charge in [0, 0.05) is 13.1 Å². The van der Waals surface area contributed by atoms with Crippen molar-refractivity contribution in [3.8, 4) is 0 Å². The van der Waals surface area contributed by atoms with Crippen molar-refractivity contribution in [1.29, 1.82) is 0 Å². The van der Waals surface area contributed by atoms with E-state index in [0.29, 0.717) is 0 Å². The second-order valence-electron chi connectivity index (χ2n) is 4.35. The Bertz CT molecular complexity index is 136. The molecule has 1 saturated heterocycles. The van der Waals surface area contributed by atoms with Crippen LogP contribution in [0.4, 0.5) is 0 Å². The fourth-order valence-electron chi connectivity index (χ4n) is 2.04. The molecule has 0 saturated carbocycles. The predicted octanol–water partition coefficient (Wildman–Crippen LogP) is 2.21. The molecule has 0 amide bonds. The molecule has 0 unspecified atom stereocenters. The molecular weight excluding hydrogens is 204 g/mol. The first kappa shape index (κ1) is 13.3. The summed E-state index contributed by atoms with van der Waals surface area (Å²) in [5, 5.41) is 3.54. The van der Waals surface area contributed by atoms with Crippen molar-refractivity contribution < 1.29 is 0 Å². The van der Waals surface area contributed by atoms with E-state index in [1.54, 1.807) is 0 Å². The minimum atomic E-state index is 1.18. The lowest BCUT2D eigenvalue weighted by Gasteiger charge is -2.14. The van der Waals surface area contributed by atoms with Gasteiger partial charge < -0.3 is 10.2 Å². The Hall–Kier alpha value is 0.270. The lowest BCUT2D eigenvalue weighted by atomic mass is 10.2. The first-order chi connectivity index (χ1) is 7.43. The van der Waals surface area contributed by atoms with Gasteiger partial charge in [0.25, 0.3) is 0 Å². The Balaban J connectivity index is 1.73. The maximum Gasteiger partial charge on any atom is 0.0107 e. The summed E-state index contributed by atoms with van der Waals surface area (Å²) in [7, 11) is 0. The van der Waals surface area contributed by atoms with Gasteiger partial charge in [-0.2, -0.15) is 11.8 Å². The van der Waals surface area contributed by atoms with Gasteiger partial charge in [0.2, 0.25) is 0 Å². The predicted molar refractivity (Wildman–Crippen MR) is 70.8 cm³/mol. The van der Waals surface area contributed by atoms with Gasteiger partial charge in [0.15, 0.2) is 0 Å². The second-order valence-corrected chi connectivity index (χ2v) is 5.34. The van der Waals surface area contributed by atoms with Crippen molar-refractivity contribution in [3.63, 3.8) is 0 Å². The molecule has 0 atom stereocenters. The molecule has 0 bridgehead atoms. The molecular formula is C12H26N2S. The van der Waals surface area contributed by atoms with Gasteiger partial charge in [-0.1, -0.05) is 6.42 Å². The molecule has 0 aromatic rings. The van der Waals surface area contributed by atoms with E-state index in [1.165, 1.54) is 70.6 Å². The number of hydrogen-bond acceptors (Lipinski definition) is 3. The lowest BCUT2D eigenvalue weighted by Crippen LogP contribution is -2.30. The van der Waals surface area contributed by atoms with Crippen LogP contribution in [0.3, 0.4) is 0 Å². The maximum absolute atomic E-state index is 3.54. The summed E-state index contributed by atoms with van der Waals surface area (Å²) in [6, 6.07) is 0. The normalized spacial score (nSPS) is 17.4. The molecule has 1 heterocycles.